The molecule has 0 aromatic rings. The molecule has 0 aromatic heterocycles. The molecule has 2 saturated heterocycles. The van der Waals surface area contributed by atoms with E-state index >= 15 is 0 Å². The third kappa shape index (κ3) is 6.20. The van der Waals surface area contributed by atoms with Crippen LogP contribution in [0.4, 0.5) is 0 Å². The van der Waals surface area contributed by atoms with Gasteiger partial charge in [-0.05, 0) is 27.7 Å². The van der Waals surface area contributed by atoms with Crippen LogP contribution in [-0.2, 0) is 38.0 Å². The molecule has 2 aliphatic heterocycles. The van der Waals surface area contributed by atoms with Crippen molar-refractivity contribution in [2.75, 3.05) is 26.4 Å². The van der Waals surface area contributed by atoms with Gasteiger partial charge in [-0.3, -0.25) is 0 Å². The van der Waals surface area contributed by atoms with Crippen LogP contribution >= 0.6 is 0 Å². The third-order valence-corrected chi connectivity index (χ3v) is 3.31. The van der Waals surface area contributed by atoms with E-state index in [1.54, 1.807) is 27.7 Å². The molecule has 2 aliphatic rings. The predicted molar refractivity (Wildman–Crippen MR) is 80.9 cm³/mol. The minimum absolute atomic E-state index is 0.0595. The first-order chi connectivity index (χ1) is 11.2. The molecule has 0 amide bonds. The Morgan fingerprint density at radius 3 is 1.54 bits per heavy atom. The van der Waals surface area contributed by atoms with Crippen molar-refractivity contribution >= 4 is 11.9 Å². The molecule has 0 saturated carbocycles. The van der Waals surface area contributed by atoms with Gasteiger partial charge in [0.2, 0.25) is 0 Å². The van der Waals surface area contributed by atoms with Crippen LogP contribution in [0.2, 0.25) is 0 Å². The van der Waals surface area contributed by atoms with E-state index in [1.807, 2.05) is 0 Å². The molecule has 2 fully saturated rings. The molecular weight excluding hydrogens is 320 g/mol. The lowest BCUT2D eigenvalue weighted by molar-refractivity contribution is -0.155. The minimum Gasteiger partial charge on any atom is -0.460 e. The van der Waals surface area contributed by atoms with E-state index in [9.17, 15) is 9.59 Å². The van der Waals surface area contributed by atoms with Crippen LogP contribution in [0.5, 0.6) is 0 Å². The van der Waals surface area contributed by atoms with Crippen molar-refractivity contribution in [1.29, 1.82) is 0 Å². The fraction of sp³-hybridized carbons (Fsp3) is 0.750. The molecule has 8 heteroatoms. The summed E-state index contributed by atoms with van der Waals surface area (Å²) in [5.41, 5.74) is 0. The Morgan fingerprint density at radius 2 is 1.25 bits per heavy atom. The number of carbonyl (C=O) groups excluding carboxylic acids is 2. The van der Waals surface area contributed by atoms with E-state index in [0.29, 0.717) is 13.2 Å². The second-order valence-electron chi connectivity index (χ2n) is 6.49. The third-order valence-electron chi connectivity index (χ3n) is 3.31. The summed E-state index contributed by atoms with van der Waals surface area (Å²) in [6.45, 7) is 7.96. The zero-order valence-corrected chi connectivity index (χ0v) is 14.4. The topological polar surface area (TPSA) is 89.5 Å². The van der Waals surface area contributed by atoms with Gasteiger partial charge in [0.1, 0.15) is 25.4 Å². The first kappa shape index (κ1) is 18.9. The number of carbonyl (C=O) groups is 2. The van der Waals surface area contributed by atoms with Crippen molar-refractivity contribution in [2.24, 2.45) is 0 Å². The summed E-state index contributed by atoms with van der Waals surface area (Å²) in [5, 5.41) is 0. The van der Waals surface area contributed by atoms with E-state index in [-0.39, 0.29) is 25.4 Å². The largest absolute Gasteiger partial charge is 0.460 e. The van der Waals surface area contributed by atoms with Crippen molar-refractivity contribution in [3.63, 3.8) is 0 Å². The summed E-state index contributed by atoms with van der Waals surface area (Å²) >= 11 is 0. The van der Waals surface area contributed by atoms with Gasteiger partial charge in [0.05, 0.1) is 13.2 Å². The first-order valence-electron chi connectivity index (χ1n) is 7.80. The van der Waals surface area contributed by atoms with Gasteiger partial charge in [-0.2, -0.15) is 0 Å². The Balaban J connectivity index is 1.61. The maximum absolute atomic E-state index is 11.6. The SMILES string of the molecule is CC1(C)OCC(COC(=O)C=CC(=O)OCC2COC(C)(C)O2)O1. The van der Waals surface area contributed by atoms with Gasteiger partial charge >= 0.3 is 11.9 Å². The highest BCUT2D eigenvalue weighted by atomic mass is 16.8. The van der Waals surface area contributed by atoms with Crippen LogP contribution in [-0.4, -0.2) is 62.1 Å². The Labute approximate surface area is 141 Å². The molecule has 2 heterocycles. The molecule has 0 aliphatic carbocycles. The van der Waals surface area contributed by atoms with Crippen LogP contribution < -0.4 is 0 Å². The molecular formula is C16H24O8. The second-order valence-corrected chi connectivity index (χ2v) is 6.49. The Kier molecular flexibility index (Phi) is 5.97. The molecule has 0 spiro atoms. The van der Waals surface area contributed by atoms with Gasteiger partial charge in [-0.25, -0.2) is 9.59 Å². The van der Waals surface area contributed by atoms with Gasteiger partial charge < -0.3 is 28.4 Å². The zero-order valence-electron chi connectivity index (χ0n) is 14.4. The second kappa shape index (κ2) is 7.60. The van der Waals surface area contributed by atoms with E-state index in [0.717, 1.165) is 12.2 Å². The molecule has 136 valence electrons. The van der Waals surface area contributed by atoms with Gasteiger partial charge in [-0.15, -0.1) is 0 Å². The lowest BCUT2D eigenvalue weighted by atomic mass is 10.4. The summed E-state index contributed by atoms with van der Waals surface area (Å²) in [5.74, 6) is -2.64. The summed E-state index contributed by atoms with van der Waals surface area (Å²) in [6.07, 6.45) is 1.40. The Bertz CT molecular complexity index is 452. The Hall–Kier alpha value is -1.48. The van der Waals surface area contributed by atoms with Gasteiger partial charge in [0, 0.05) is 12.2 Å². The number of esters is 2. The predicted octanol–water partition coefficient (Wildman–Crippen LogP) is 0.932. The number of hydrogen-bond donors (Lipinski definition) is 0. The molecule has 2 unspecified atom stereocenters. The summed E-state index contributed by atoms with van der Waals surface area (Å²) in [6, 6.07) is 0. The molecule has 2 rings (SSSR count). The molecule has 24 heavy (non-hydrogen) atoms. The smallest absolute Gasteiger partial charge is 0.331 e. The van der Waals surface area contributed by atoms with Crippen molar-refractivity contribution in [2.45, 2.75) is 51.5 Å². The molecule has 0 N–H and O–H groups in total. The average Bonchev–Trinajstić information content (AvgIpc) is 3.02. The van der Waals surface area contributed by atoms with E-state index in [1.165, 1.54) is 0 Å². The summed E-state index contributed by atoms with van der Waals surface area (Å²) in [4.78, 5) is 23.1. The van der Waals surface area contributed by atoms with Crippen LogP contribution in [0, 0.1) is 0 Å². The summed E-state index contributed by atoms with van der Waals surface area (Å²) in [7, 11) is 0. The van der Waals surface area contributed by atoms with Crippen LogP contribution in [0.15, 0.2) is 12.2 Å². The van der Waals surface area contributed by atoms with Gasteiger partial charge in [-0.1, -0.05) is 0 Å². The standard InChI is InChI=1S/C16H24O8/c1-15(2)21-9-11(23-15)7-19-13(17)5-6-14(18)20-8-12-10-22-16(3,4)24-12/h5-6,11-12H,7-10H2,1-4H3. The normalized spacial score (nSPS) is 28.2. The van der Waals surface area contributed by atoms with Crippen LogP contribution in [0.25, 0.3) is 0 Å². The average molecular weight is 344 g/mol. The quantitative estimate of drug-likeness (QED) is 0.519. The van der Waals surface area contributed by atoms with Gasteiger partial charge in [0.15, 0.2) is 11.6 Å². The minimum atomic E-state index is -0.669. The lowest BCUT2D eigenvalue weighted by Gasteiger charge is -2.16. The van der Waals surface area contributed by atoms with Crippen molar-refractivity contribution in [3.05, 3.63) is 12.2 Å². The molecule has 2 atom stereocenters. The highest BCUT2D eigenvalue weighted by molar-refractivity contribution is 5.91. The van der Waals surface area contributed by atoms with Crippen molar-refractivity contribution in [3.8, 4) is 0 Å². The highest BCUT2D eigenvalue weighted by Gasteiger charge is 2.34. The number of hydrogen-bond acceptors (Lipinski definition) is 8. The maximum Gasteiger partial charge on any atom is 0.331 e. The van der Waals surface area contributed by atoms with E-state index in [2.05, 4.69) is 0 Å². The van der Waals surface area contributed by atoms with Crippen LogP contribution in [0.1, 0.15) is 27.7 Å². The summed E-state index contributed by atoms with van der Waals surface area (Å²) < 4.78 is 31.7. The Morgan fingerprint density at radius 1 is 0.875 bits per heavy atom. The fourth-order valence-corrected chi connectivity index (χ4v) is 2.27. The van der Waals surface area contributed by atoms with Crippen molar-refractivity contribution in [1.82, 2.24) is 0 Å². The lowest BCUT2D eigenvalue weighted by Crippen LogP contribution is -2.25. The zero-order chi connectivity index (χ0) is 17.8. The van der Waals surface area contributed by atoms with Gasteiger partial charge in [0.25, 0.3) is 0 Å². The van der Waals surface area contributed by atoms with Crippen molar-refractivity contribution < 1.29 is 38.0 Å². The van der Waals surface area contributed by atoms with E-state index in [4.69, 9.17) is 28.4 Å². The number of rotatable bonds is 6. The molecule has 8 nitrogen and oxygen atoms in total. The molecule has 0 bridgehead atoms. The number of ether oxygens (including phenoxy) is 6. The highest BCUT2D eigenvalue weighted by Crippen LogP contribution is 2.23. The van der Waals surface area contributed by atoms with Crippen LogP contribution in [0.3, 0.4) is 0 Å². The fourth-order valence-electron chi connectivity index (χ4n) is 2.27. The molecule has 0 aromatic carbocycles. The molecule has 0 radical (unpaired) electrons. The van der Waals surface area contributed by atoms with E-state index < -0.39 is 23.5 Å². The monoisotopic (exact) mass is 344 g/mol. The first-order valence-corrected chi connectivity index (χ1v) is 7.80. The maximum atomic E-state index is 11.6.